The molecule has 0 radical (unpaired) electrons. The molecule has 4 heteroatoms. The van der Waals surface area contributed by atoms with Crippen LogP contribution in [0.25, 0.3) is 0 Å². The Morgan fingerprint density at radius 1 is 0.917 bits per heavy atom. The fourth-order valence-corrected chi connectivity index (χ4v) is 2.25. The number of carboxylic acid groups (broad SMARTS) is 1. The zero-order valence-corrected chi connectivity index (χ0v) is 14.3. The first-order valence-electron chi connectivity index (χ1n) is 8.28. The van der Waals surface area contributed by atoms with E-state index in [1.165, 1.54) is 11.1 Å². The lowest BCUT2D eigenvalue weighted by Gasteiger charge is -2.21. The quantitative estimate of drug-likeness (QED) is 0.777. The van der Waals surface area contributed by atoms with Crippen LogP contribution < -0.4 is 0 Å². The Morgan fingerprint density at radius 2 is 1.38 bits per heavy atom. The summed E-state index contributed by atoms with van der Waals surface area (Å²) >= 11 is 0. The Bertz CT molecular complexity index is 516. The molecule has 130 valence electrons. The van der Waals surface area contributed by atoms with Crippen molar-refractivity contribution in [1.29, 1.82) is 0 Å². The van der Waals surface area contributed by atoms with E-state index in [1.54, 1.807) is 0 Å². The molecular weight excluding hydrogens is 302 g/mol. The highest BCUT2D eigenvalue weighted by Gasteiger charge is 2.06. The first kappa shape index (κ1) is 19.9. The summed E-state index contributed by atoms with van der Waals surface area (Å²) in [6.07, 6.45) is 1.02. The molecule has 0 aliphatic carbocycles. The van der Waals surface area contributed by atoms with Gasteiger partial charge in [0.2, 0.25) is 0 Å². The van der Waals surface area contributed by atoms with Crippen LogP contribution in [0.15, 0.2) is 60.7 Å². The molecule has 0 atom stereocenters. The van der Waals surface area contributed by atoms with Crippen molar-refractivity contribution in [3.63, 3.8) is 0 Å². The molecule has 0 fully saturated rings. The predicted octanol–water partition coefficient (Wildman–Crippen LogP) is 3.55. The third-order valence-electron chi connectivity index (χ3n) is 3.38. The molecule has 0 spiro atoms. The predicted molar refractivity (Wildman–Crippen MR) is 96.6 cm³/mol. The first-order chi connectivity index (χ1) is 11.7. The summed E-state index contributed by atoms with van der Waals surface area (Å²) in [5.41, 5.74) is 2.56. The summed E-state index contributed by atoms with van der Waals surface area (Å²) in [7, 11) is 0. The molecule has 0 aromatic heterocycles. The number of nitrogens with zero attached hydrogens (tertiary/aromatic N) is 1. The van der Waals surface area contributed by atoms with Gasteiger partial charge >= 0.3 is 5.97 Å². The molecule has 2 rings (SSSR count). The Labute approximate surface area is 144 Å². The number of rotatable bonds is 8. The Kier molecular flexibility index (Phi) is 10.2. The maximum atomic E-state index is 9.60. The number of carboxylic acids is 1. The number of hydrogen-bond acceptors (Lipinski definition) is 3. The van der Waals surface area contributed by atoms with Gasteiger partial charge in [-0.3, -0.25) is 9.69 Å². The van der Waals surface area contributed by atoms with Crippen LogP contribution >= 0.6 is 0 Å². The van der Waals surface area contributed by atoms with Crippen LogP contribution in [0.2, 0.25) is 0 Å². The Balaban J connectivity index is 0.000000413. The lowest BCUT2D eigenvalue weighted by molar-refractivity contribution is -0.137. The number of carbonyl (C=O) groups is 1. The van der Waals surface area contributed by atoms with Crippen molar-refractivity contribution in [2.45, 2.75) is 32.9 Å². The van der Waals surface area contributed by atoms with Crippen molar-refractivity contribution in [3.05, 3.63) is 71.8 Å². The van der Waals surface area contributed by atoms with E-state index in [0.717, 1.165) is 19.5 Å². The third kappa shape index (κ3) is 9.08. The van der Waals surface area contributed by atoms with Crippen LogP contribution in [-0.2, 0) is 17.9 Å². The zero-order chi connectivity index (χ0) is 17.6. The molecule has 0 saturated heterocycles. The van der Waals surface area contributed by atoms with E-state index in [9.17, 15) is 4.79 Å². The minimum atomic E-state index is -0.711. The fourth-order valence-electron chi connectivity index (χ4n) is 2.25. The second-order valence-corrected chi connectivity index (χ2v) is 5.55. The normalized spacial score (nSPS) is 10.1. The van der Waals surface area contributed by atoms with Gasteiger partial charge in [0.15, 0.2) is 0 Å². The molecule has 4 nitrogen and oxygen atoms in total. The van der Waals surface area contributed by atoms with Crippen molar-refractivity contribution in [2.24, 2.45) is 0 Å². The van der Waals surface area contributed by atoms with E-state index in [1.807, 2.05) is 19.1 Å². The van der Waals surface area contributed by atoms with Crippen molar-refractivity contribution in [3.8, 4) is 0 Å². The smallest absolute Gasteiger partial charge is 0.303 e. The summed E-state index contributed by atoms with van der Waals surface area (Å²) in [5.74, 6) is -0.711. The largest absolute Gasteiger partial charge is 0.481 e. The first-order valence-corrected chi connectivity index (χ1v) is 8.28. The van der Waals surface area contributed by atoms with Gasteiger partial charge in [-0.05, 0) is 17.5 Å². The van der Waals surface area contributed by atoms with Gasteiger partial charge in [-0.25, -0.2) is 0 Å². The molecule has 2 aromatic rings. The van der Waals surface area contributed by atoms with Crippen molar-refractivity contribution >= 4 is 5.97 Å². The molecule has 0 unspecified atom stereocenters. The number of aliphatic carboxylic acids is 1. The highest BCUT2D eigenvalue weighted by atomic mass is 16.4. The molecule has 0 aliphatic heterocycles. The average Bonchev–Trinajstić information content (AvgIpc) is 2.57. The van der Waals surface area contributed by atoms with Crippen LogP contribution in [0.1, 0.15) is 30.9 Å². The van der Waals surface area contributed by atoms with Gasteiger partial charge in [0, 0.05) is 26.1 Å². The van der Waals surface area contributed by atoms with E-state index in [0.29, 0.717) is 13.0 Å². The van der Waals surface area contributed by atoms with Gasteiger partial charge in [-0.1, -0.05) is 67.6 Å². The van der Waals surface area contributed by atoms with E-state index >= 15 is 0 Å². The number of aliphatic hydroxyl groups is 1. The summed E-state index contributed by atoms with van der Waals surface area (Å²) in [6.45, 7) is 4.48. The molecule has 0 bridgehead atoms. The second-order valence-electron chi connectivity index (χ2n) is 5.55. The van der Waals surface area contributed by atoms with Gasteiger partial charge in [0.25, 0.3) is 0 Å². The van der Waals surface area contributed by atoms with Crippen molar-refractivity contribution in [1.82, 2.24) is 4.90 Å². The Hall–Kier alpha value is -2.17. The van der Waals surface area contributed by atoms with E-state index in [4.69, 9.17) is 10.2 Å². The Morgan fingerprint density at radius 3 is 1.67 bits per heavy atom. The summed E-state index contributed by atoms with van der Waals surface area (Å²) in [6, 6.07) is 20.7. The SMILES string of the molecule is CCCC(=O)O.OCCN(Cc1ccccc1)Cc1ccccc1. The molecule has 0 aliphatic rings. The van der Waals surface area contributed by atoms with Gasteiger partial charge < -0.3 is 10.2 Å². The second kappa shape index (κ2) is 12.3. The maximum Gasteiger partial charge on any atom is 0.303 e. The molecular formula is C20H27NO3. The lowest BCUT2D eigenvalue weighted by atomic mass is 10.1. The van der Waals surface area contributed by atoms with Gasteiger partial charge in [-0.2, -0.15) is 0 Å². The molecule has 0 amide bonds. The molecule has 24 heavy (non-hydrogen) atoms. The topological polar surface area (TPSA) is 60.8 Å². The van der Waals surface area contributed by atoms with E-state index in [2.05, 4.69) is 53.4 Å². The minimum absolute atomic E-state index is 0.194. The van der Waals surface area contributed by atoms with Crippen LogP contribution in [0.5, 0.6) is 0 Å². The van der Waals surface area contributed by atoms with Gasteiger partial charge in [0.05, 0.1) is 6.61 Å². The minimum Gasteiger partial charge on any atom is -0.481 e. The number of hydrogen-bond donors (Lipinski definition) is 2. The number of aliphatic hydroxyl groups excluding tert-OH is 1. The van der Waals surface area contributed by atoms with Crippen molar-refractivity contribution < 1.29 is 15.0 Å². The monoisotopic (exact) mass is 329 g/mol. The average molecular weight is 329 g/mol. The van der Waals surface area contributed by atoms with Crippen LogP contribution in [0.3, 0.4) is 0 Å². The summed E-state index contributed by atoms with van der Waals surface area (Å²) in [5, 5.41) is 17.1. The van der Waals surface area contributed by atoms with Crippen LogP contribution in [-0.4, -0.2) is 34.2 Å². The zero-order valence-electron chi connectivity index (χ0n) is 14.3. The van der Waals surface area contributed by atoms with Gasteiger partial charge in [0.1, 0.15) is 0 Å². The third-order valence-corrected chi connectivity index (χ3v) is 3.38. The van der Waals surface area contributed by atoms with E-state index in [-0.39, 0.29) is 6.61 Å². The van der Waals surface area contributed by atoms with Gasteiger partial charge in [-0.15, -0.1) is 0 Å². The standard InChI is InChI=1S/C16H19NO.C4H8O2/c18-12-11-17(13-15-7-3-1-4-8-15)14-16-9-5-2-6-10-16;1-2-3-4(5)6/h1-10,18H,11-14H2;2-3H2,1H3,(H,5,6). The molecule has 0 heterocycles. The summed E-state index contributed by atoms with van der Waals surface area (Å²) in [4.78, 5) is 11.9. The lowest BCUT2D eigenvalue weighted by Crippen LogP contribution is -2.26. The highest BCUT2D eigenvalue weighted by molar-refractivity contribution is 5.66. The molecule has 2 aromatic carbocycles. The maximum absolute atomic E-state index is 9.60. The van der Waals surface area contributed by atoms with Crippen molar-refractivity contribution in [2.75, 3.05) is 13.2 Å². The van der Waals surface area contributed by atoms with E-state index < -0.39 is 5.97 Å². The molecule has 0 saturated carbocycles. The number of benzene rings is 2. The van der Waals surface area contributed by atoms with Crippen LogP contribution in [0, 0.1) is 0 Å². The molecule has 2 N–H and O–H groups in total. The van der Waals surface area contributed by atoms with Crippen LogP contribution in [0.4, 0.5) is 0 Å². The summed E-state index contributed by atoms with van der Waals surface area (Å²) < 4.78 is 0. The highest BCUT2D eigenvalue weighted by Crippen LogP contribution is 2.09. The fraction of sp³-hybridized carbons (Fsp3) is 0.350.